The Morgan fingerprint density at radius 1 is 1.15 bits per heavy atom. The van der Waals surface area contributed by atoms with Crippen LogP contribution in [0.3, 0.4) is 0 Å². The van der Waals surface area contributed by atoms with E-state index in [1.54, 1.807) is 13.1 Å². The molecule has 0 fully saturated rings. The summed E-state index contributed by atoms with van der Waals surface area (Å²) in [6.45, 7) is -0.220. The number of likely N-dealkylation sites (N-methyl/N-ethyl adjacent to an activating group) is 1. The third kappa shape index (κ3) is 6.32. The second kappa shape index (κ2) is 9.06. The van der Waals surface area contributed by atoms with Crippen molar-refractivity contribution in [3.8, 4) is 0 Å². The number of hydrogen-bond donors (Lipinski definition) is 2. The van der Waals surface area contributed by atoms with Crippen LogP contribution >= 0.6 is 11.6 Å². The number of carbonyl (C=O) groups is 2. The minimum Gasteiger partial charge on any atom is -0.325 e. The molecule has 27 heavy (non-hydrogen) atoms. The summed E-state index contributed by atoms with van der Waals surface area (Å²) >= 11 is 5.91. The lowest BCUT2D eigenvalue weighted by atomic mass is 10.3. The standard InChI is InChI=1S/C17H16ClFN4O4/c1-22(9-16(24)20-12-4-2-3-11(19)7-12)10-17(25)21-15-6-5-13(23(26)27)8-14(15)18/h2-8H,9-10H2,1H3,(H,20,24)(H,21,25). The van der Waals surface area contributed by atoms with Crippen molar-refractivity contribution < 1.29 is 18.9 Å². The number of amides is 2. The molecule has 8 nitrogen and oxygen atoms in total. The van der Waals surface area contributed by atoms with Crippen molar-refractivity contribution in [2.24, 2.45) is 0 Å². The van der Waals surface area contributed by atoms with E-state index in [1.807, 2.05) is 0 Å². The zero-order chi connectivity index (χ0) is 20.0. The number of rotatable bonds is 7. The average Bonchev–Trinajstić information content (AvgIpc) is 2.56. The van der Waals surface area contributed by atoms with Crippen LogP contribution in [-0.4, -0.2) is 41.8 Å². The van der Waals surface area contributed by atoms with Crippen LogP contribution < -0.4 is 10.6 Å². The van der Waals surface area contributed by atoms with E-state index in [2.05, 4.69) is 10.6 Å². The Morgan fingerprint density at radius 3 is 2.41 bits per heavy atom. The number of nitrogens with one attached hydrogen (secondary N) is 2. The first kappa shape index (κ1) is 20.3. The lowest BCUT2D eigenvalue weighted by Crippen LogP contribution is -2.36. The van der Waals surface area contributed by atoms with Gasteiger partial charge >= 0.3 is 0 Å². The van der Waals surface area contributed by atoms with Crippen molar-refractivity contribution in [1.82, 2.24) is 4.90 Å². The highest BCUT2D eigenvalue weighted by Gasteiger charge is 2.14. The van der Waals surface area contributed by atoms with Gasteiger partial charge in [-0.25, -0.2) is 4.39 Å². The van der Waals surface area contributed by atoms with E-state index in [4.69, 9.17) is 11.6 Å². The quantitative estimate of drug-likeness (QED) is 0.555. The van der Waals surface area contributed by atoms with E-state index < -0.39 is 22.6 Å². The fraction of sp³-hybridized carbons (Fsp3) is 0.176. The van der Waals surface area contributed by atoms with Crippen molar-refractivity contribution >= 4 is 40.5 Å². The van der Waals surface area contributed by atoms with E-state index in [9.17, 15) is 24.1 Å². The van der Waals surface area contributed by atoms with E-state index in [-0.39, 0.29) is 29.5 Å². The number of hydrogen-bond acceptors (Lipinski definition) is 5. The fourth-order valence-electron chi connectivity index (χ4n) is 2.22. The van der Waals surface area contributed by atoms with Crippen molar-refractivity contribution in [2.75, 3.05) is 30.8 Å². The number of halogens is 2. The molecule has 2 N–H and O–H groups in total. The van der Waals surface area contributed by atoms with Crippen LogP contribution in [0.15, 0.2) is 42.5 Å². The van der Waals surface area contributed by atoms with Crippen molar-refractivity contribution in [1.29, 1.82) is 0 Å². The van der Waals surface area contributed by atoms with Crippen LogP contribution in [0.2, 0.25) is 5.02 Å². The van der Waals surface area contributed by atoms with Crippen LogP contribution in [0.5, 0.6) is 0 Å². The first-order valence-corrected chi connectivity index (χ1v) is 8.10. The Kier molecular flexibility index (Phi) is 6.80. The minimum absolute atomic E-state index is 0.0315. The maximum Gasteiger partial charge on any atom is 0.271 e. The van der Waals surface area contributed by atoms with Crippen molar-refractivity contribution in [3.63, 3.8) is 0 Å². The molecule has 0 spiro atoms. The topological polar surface area (TPSA) is 105 Å². The Bertz CT molecular complexity index is 878. The number of anilines is 2. The Morgan fingerprint density at radius 2 is 1.81 bits per heavy atom. The molecule has 0 aliphatic heterocycles. The molecular formula is C17H16ClFN4O4. The molecular weight excluding hydrogens is 379 g/mol. The van der Waals surface area contributed by atoms with Gasteiger partial charge in [0.15, 0.2) is 0 Å². The van der Waals surface area contributed by atoms with Gasteiger partial charge in [-0.3, -0.25) is 24.6 Å². The predicted molar refractivity (Wildman–Crippen MR) is 99.3 cm³/mol. The van der Waals surface area contributed by atoms with Gasteiger partial charge < -0.3 is 10.6 Å². The molecule has 2 rings (SSSR count). The second-order valence-electron chi connectivity index (χ2n) is 5.70. The summed E-state index contributed by atoms with van der Waals surface area (Å²) in [6, 6.07) is 9.14. The van der Waals surface area contributed by atoms with Gasteiger partial charge in [-0.05, 0) is 31.3 Å². The molecule has 0 aliphatic carbocycles. The zero-order valence-electron chi connectivity index (χ0n) is 14.2. The highest BCUT2D eigenvalue weighted by atomic mass is 35.5. The van der Waals surface area contributed by atoms with Gasteiger partial charge in [0.1, 0.15) is 5.82 Å². The van der Waals surface area contributed by atoms with Gasteiger partial charge in [0.05, 0.1) is 28.7 Å². The molecule has 0 saturated heterocycles. The lowest BCUT2D eigenvalue weighted by Gasteiger charge is -2.16. The smallest absolute Gasteiger partial charge is 0.271 e. The van der Waals surface area contributed by atoms with E-state index >= 15 is 0 Å². The zero-order valence-corrected chi connectivity index (χ0v) is 15.0. The van der Waals surface area contributed by atoms with Crippen LogP contribution in [0.4, 0.5) is 21.5 Å². The van der Waals surface area contributed by atoms with Crippen molar-refractivity contribution in [2.45, 2.75) is 0 Å². The summed E-state index contributed by atoms with van der Waals surface area (Å²) in [5.41, 5.74) is 0.351. The molecule has 142 valence electrons. The minimum atomic E-state index is -0.595. The van der Waals surface area contributed by atoms with E-state index in [0.29, 0.717) is 5.69 Å². The Labute approximate surface area is 159 Å². The van der Waals surface area contributed by atoms with Crippen LogP contribution in [0.25, 0.3) is 0 Å². The van der Waals surface area contributed by atoms with Gasteiger partial charge in [0.2, 0.25) is 11.8 Å². The second-order valence-corrected chi connectivity index (χ2v) is 6.11. The molecule has 0 unspecified atom stereocenters. The number of non-ortho nitro benzene ring substituents is 1. The lowest BCUT2D eigenvalue weighted by molar-refractivity contribution is -0.384. The molecule has 0 bridgehead atoms. The monoisotopic (exact) mass is 394 g/mol. The van der Waals surface area contributed by atoms with Crippen LogP contribution in [0, 0.1) is 15.9 Å². The maximum atomic E-state index is 13.1. The number of benzene rings is 2. The fourth-order valence-corrected chi connectivity index (χ4v) is 2.44. The number of nitro groups is 1. The molecule has 0 radical (unpaired) electrons. The molecule has 10 heteroatoms. The van der Waals surface area contributed by atoms with E-state index in [0.717, 1.165) is 6.07 Å². The molecule has 2 amide bonds. The van der Waals surface area contributed by atoms with Gasteiger partial charge in [-0.15, -0.1) is 0 Å². The Balaban J connectivity index is 1.86. The van der Waals surface area contributed by atoms with Gasteiger partial charge in [0.25, 0.3) is 5.69 Å². The third-order valence-corrected chi connectivity index (χ3v) is 3.69. The SMILES string of the molecule is CN(CC(=O)Nc1cccc(F)c1)CC(=O)Nc1ccc([N+](=O)[O-])cc1Cl. The number of carbonyl (C=O) groups excluding carboxylic acids is 2. The molecule has 0 saturated carbocycles. The van der Waals surface area contributed by atoms with Crippen LogP contribution in [0.1, 0.15) is 0 Å². The normalized spacial score (nSPS) is 10.5. The molecule has 0 atom stereocenters. The maximum absolute atomic E-state index is 13.1. The first-order valence-electron chi connectivity index (χ1n) is 7.72. The summed E-state index contributed by atoms with van der Waals surface area (Å²) < 4.78 is 13.1. The number of nitro benzene ring substituents is 1. The van der Waals surface area contributed by atoms with Crippen LogP contribution in [-0.2, 0) is 9.59 Å². The van der Waals surface area contributed by atoms with Gasteiger partial charge in [-0.2, -0.15) is 0 Å². The predicted octanol–water partition coefficient (Wildman–Crippen LogP) is 2.90. The summed E-state index contributed by atoms with van der Waals surface area (Å²) in [4.78, 5) is 35.5. The number of nitrogens with zero attached hydrogens (tertiary/aromatic N) is 2. The highest BCUT2D eigenvalue weighted by Crippen LogP contribution is 2.26. The van der Waals surface area contributed by atoms with Gasteiger partial charge in [0, 0.05) is 17.8 Å². The first-order chi connectivity index (χ1) is 12.7. The molecule has 2 aromatic carbocycles. The molecule has 0 heterocycles. The highest BCUT2D eigenvalue weighted by molar-refractivity contribution is 6.34. The Hall–Kier alpha value is -3.04. The van der Waals surface area contributed by atoms with E-state index in [1.165, 1.54) is 35.2 Å². The third-order valence-electron chi connectivity index (χ3n) is 3.37. The molecule has 0 aromatic heterocycles. The molecule has 0 aliphatic rings. The summed E-state index contributed by atoms with van der Waals surface area (Å²) in [5, 5.41) is 15.8. The summed E-state index contributed by atoms with van der Waals surface area (Å²) in [7, 11) is 1.56. The average molecular weight is 395 g/mol. The summed E-state index contributed by atoms with van der Waals surface area (Å²) in [5.74, 6) is -1.34. The van der Waals surface area contributed by atoms with Crippen molar-refractivity contribution in [3.05, 3.63) is 63.4 Å². The largest absolute Gasteiger partial charge is 0.325 e. The molecule has 2 aromatic rings. The summed E-state index contributed by atoms with van der Waals surface area (Å²) in [6.07, 6.45) is 0. The van der Waals surface area contributed by atoms with Gasteiger partial charge in [-0.1, -0.05) is 17.7 Å².